The van der Waals surface area contributed by atoms with Crippen LogP contribution in [-0.4, -0.2) is 16.7 Å². The molecule has 1 aromatic carbocycles. The first kappa shape index (κ1) is 10.3. The number of nitro groups is 1. The monoisotopic (exact) mass is 219 g/mol. The topological polar surface area (TPSA) is 80.5 Å². The summed E-state index contributed by atoms with van der Waals surface area (Å²) in [5, 5.41) is 10.5. The van der Waals surface area contributed by atoms with E-state index in [0.717, 1.165) is 4.90 Å². The van der Waals surface area contributed by atoms with E-state index >= 15 is 0 Å². The molecule has 1 heterocycles. The third-order valence-corrected chi connectivity index (χ3v) is 2.27. The van der Waals surface area contributed by atoms with Gasteiger partial charge in [0.05, 0.1) is 10.6 Å². The van der Waals surface area contributed by atoms with Gasteiger partial charge in [0.25, 0.3) is 5.69 Å². The summed E-state index contributed by atoms with van der Waals surface area (Å²) in [5.74, 6) is -0.691. The van der Waals surface area contributed by atoms with E-state index in [1.807, 2.05) is 0 Å². The maximum atomic E-state index is 11.4. The highest BCUT2D eigenvalue weighted by molar-refractivity contribution is 6.19. The molecule has 2 amide bonds. The van der Waals surface area contributed by atoms with Gasteiger partial charge in [-0.1, -0.05) is 0 Å². The summed E-state index contributed by atoms with van der Waals surface area (Å²) in [4.78, 5) is 33.7. The SMILES string of the molecule is O=C1CCC(=O)N1c1[c]ccc([N+](=O)[O-])c1. The first-order chi connectivity index (χ1) is 7.59. The number of nitrogens with zero attached hydrogens (tertiary/aromatic N) is 2. The van der Waals surface area contributed by atoms with Crippen molar-refractivity contribution in [2.24, 2.45) is 0 Å². The van der Waals surface area contributed by atoms with Crippen LogP contribution in [0.5, 0.6) is 0 Å². The zero-order valence-corrected chi connectivity index (χ0v) is 8.17. The van der Waals surface area contributed by atoms with E-state index in [2.05, 4.69) is 6.07 Å². The lowest BCUT2D eigenvalue weighted by molar-refractivity contribution is -0.384. The lowest BCUT2D eigenvalue weighted by atomic mass is 10.2. The van der Waals surface area contributed by atoms with Crippen LogP contribution in [0.2, 0.25) is 0 Å². The molecule has 0 unspecified atom stereocenters. The minimum absolute atomic E-state index is 0.140. The molecule has 6 nitrogen and oxygen atoms in total. The number of carbonyl (C=O) groups excluding carboxylic acids is 2. The van der Waals surface area contributed by atoms with Crippen LogP contribution in [0.3, 0.4) is 0 Å². The fourth-order valence-corrected chi connectivity index (χ4v) is 1.53. The highest BCUT2D eigenvalue weighted by Crippen LogP contribution is 2.25. The van der Waals surface area contributed by atoms with Gasteiger partial charge < -0.3 is 0 Å². The van der Waals surface area contributed by atoms with E-state index < -0.39 is 4.92 Å². The van der Waals surface area contributed by atoms with E-state index in [4.69, 9.17) is 0 Å². The van der Waals surface area contributed by atoms with Crippen molar-refractivity contribution < 1.29 is 14.5 Å². The first-order valence-electron chi connectivity index (χ1n) is 4.61. The number of non-ortho nitro benzene ring substituents is 1. The molecular formula is C10H7N2O4. The molecule has 0 atom stereocenters. The summed E-state index contributed by atoms with van der Waals surface area (Å²) in [7, 11) is 0. The van der Waals surface area contributed by atoms with Crippen LogP contribution in [0.4, 0.5) is 11.4 Å². The van der Waals surface area contributed by atoms with Gasteiger partial charge in [0.15, 0.2) is 0 Å². The maximum Gasteiger partial charge on any atom is 0.271 e. The molecule has 0 aromatic heterocycles. The van der Waals surface area contributed by atoms with Crippen LogP contribution >= 0.6 is 0 Å². The molecule has 0 N–H and O–H groups in total. The number of amides is 2. The van der Waals surface area contributed by atoms with Crippen molar-refractivity contribution in [3.05, 3.63) is 34.4 Å². The molecule has 2 rings (SSSR count). The fraction of sp³-hybridized carbons (Fsp3) is 0.200. The smallest absolute Gasteiger partial charge is 0.271 e. The second kappa shape index (κ2) is 3.73. The Morgan fingerprint density at radius 2 is 1.94 bits per heavy atom. The Morgan fingerprint density at radius 1 is 1.31 bits per heavy atom. The van der Waals surface area contributed by atoms with Gasteiger partial charge in [-0.15, -0.1) is 0 Å². The predicted molar refractivity (Wildman–Crippen MR) is 53.7 cm³/mol. The summed E-state index contributed by atoms with van der Waals surface area (Å²) in [6, 6.07) is 6.40. The summed E-state index contributed by atoms with van der Waals surface area (Å²) in [6.07, 6.45) is 0.296. The molecule has 6 heteroatoms. The van der Waals surface area contributed by atoms with Gasteiger partial charge >= 0.3 is 0 Å². The van der Waals surface area contributed by atoms with E-state index in [0.29, 0.717) is 0 Å². The number of imide groups is 1. The number of carbonyl (C=O) groups is 2. The van der Waals surface area contributed by atoms with Crippen LogP contribution in [0.25, 0.3) is 0 Å². The van der Waals surface area contributed by atoms with Gasteiger partial charge in [0, 0.05) is 31.0 Å². The van der Waals surface area contributed by atoms with Crippen LogP contribution < -0.4 is 4.90 Å². The normalized spacial score (nSPS) is 15.6. The Morgan fingerprint density at radius 3 is 2.50 bits per heavy atom. The lowest BCUT2D eigenvalue weighted by Crippen LogP contribution is -2.28. The molecule has 1 aliphatic heterocycles. The second-order valence-electron chi connectivity index (χ2n) is 3.31. The minimum Gasteiger partial charge on any atom is -0.274 e. The molecule has 0 bridgehead atoms. The first-order valence-corrected chi connectivity index (χ1v) is 4.61. The fourth-order valence-electron chi connectivity index (χ4n) is 1.53. The zero-order chi connectivity index (χ0) is 11.7. The number of rotatable bonds is 2. The molecule has 1 aromatic rings. The number of benzene rings is 1. The van der Waals surface area contributed by atoms with Crippen molar-refractivity contribution in [2.45, 2.75) is 12.8 Å². The number of hydrogen-bond donors (Lipinski definition) is 0. The Labute approximate surface area is 90.6 Å². The van der Waals surface area contributed by atoms with E-state index in [1.165, 1.54) is 18.2 Å². The second-order valence-corrected chi connectivity index (χ2v) is 3.31. The Kier molecular flexibility index (Phi) is 2.40. The van der Waals surface area contributed by atoms with Gasteiger partial charge in [-0.25, -0.2) is 4.90 Å². The summed E-state index contributed by atoms with van der Waals surface area (Å²) < 4.78 is 0. The Hall–Kier alpha value is -2.24. The number of anilines is 1. The van der Waals surface area contributed by atoms with Crippen molar-refractivity contribution >= 4 is 23.2 Å². The largest absolute Gasteiger partial charge is 0.274 e. The maximum absolute atomic E-state index is 11.4. The summed E-state index contributed by atoms with van der Waals surface area (Å²) >= 11 is 0. The molecule has 16 heavy (non-hydrogen) atoms. The predicted octanol–water partition coefficient (Wildman–Crippen LogP) is 1.05. The highest BCUT2D eigenvalue weighted by Gasteiger charge is 2.31. The van der Waals surface area contributed by atoms with Crippen LogP contribution in [0.15, 0.2) is 18.2 Å². The Balaban J connectivity index is 2.40. The van der Waals surface area contributed by atoms with E-state index in [1.54, 1.807) is 0 Å². The van der Waals surface area contributed by atoms with Gasteiger partial charge in [0.2, 0.25) is 11.8 Å². The molecule has 0 aliphatic carbocycles. The molecule has 1 aliphatic rings. The van der Waals surface area contributed by atoms with Gasteiger partial charge in [0.1, 0.15) is 0 Å². The van der Waals surface area contributed by atoms with Crippen molar-refractivity contribution in [1.29, 1.82) is 0 Å². The zero-order valence-electron chi connectivity index (χ0n) is 8.17. The average Bonchev–Trinajstić information content (AvgIpc) is 2.59. The molecule has 81 valence electrons. The minimum atomic E-state index is -0.581. The molecular weight excluding hydrogens is 212 g/mol. The van der Waals surface area contributed by atoms with E-state index in [-0.39, 0.29) is 36.0 Å². The standard InChI is InChI=1S/C10H7N2O4/c13-9-4-5-10(14)11(9)7-2-1-3-8(6-7)12(15)16/h1,3,6H,4-5H2. The van der Waals surface area contributed by atoms with Crippen LogP contribution in [0, 0.1) is 16.2 Å². The summed E-state index contributed by atoms with van der Waals surface area (Å²) in [5.41, 5.74) is -0.0250. The van der Waals surface area contributed by atoms with Gasteiger partial charge in [-0.3, -0.25) is 19.7 Å². The van der Waals surface area contributed by atoms with Crippen molar-refractivity contribution in [1.82, 2.24) is 0 Å². The molecule has 0 spiro atoms. The molecule has 0 saturated carbocycles. The Bertz CT molecular complexity index is 467. The summed E-state index contributed by atoms with van der Waals surface area (Å²) in [6.45, 7) is 0. The highest BCUT2D eigenvalue weighted by atomic mass is 16.6. The molecule has 1 fully saturated rings. The van der Waals surface area contributed by atoms with Crippen LogP contribution in [-0.2, 0) is 9.59 Å². The third-order valence-electron chi connectivity index (χ3n) is 2.27. The molecule has 1 radical (unpaired) electrons. The van der Waals surface area contributed by atoms with E-state index in [9.17, 15) is 19.7 Å². The average molecular weight is 219 g/mol. The van der Waals surface area contributed by atoms with Crippen molar-refractivity contribution in [3.63, 3.8) is 0 Å². The number of nitro benzene ring substituents is 1. The third kappa shape index (κ3) is 1.65. The van der Waals surface area contributed by atoms with Gasteiger partial charge in [-0.05, 0) is 6.07 Å². The number of hydrogen-bond acceptors (Lipinski definition) is 4. The van der Waals surface area contributed by atoms with Crippen molar-refractivity contribution in [2.75, 3.05) is 4.90 Å². The quantitative estimate of drug-likeness (QED) is 0.423. The van der Waals surface area contributed by atoms with Crippen LogP contribution in [0.1, 0.15) is 12.8 Å². The molecule has 1 saturated heterocycles. The lowest BCUT2D eigenvalue weighted by Gasteiger charge is -2.12. The van der Waals surface area contributed by atoms with Crippen molar-refractivity contribution in [3.8, 4) is 0 Å². The van der Waals surface area contributed by atoms with Gasteiger partial charge in [-0.2, -0.15) is 0 Å².